The van der Waals surface area contributed by atoms with E-state index in [4.69, 9.17) is 0 Å². The summed E-state index contributed by atoms with van der Waals surface area (Å²) in [5.74, 6) is 0.564. The van der Waals surface area contributed by atoms with Crippen LogP contribution in [-0.4, -0.2) is 49.4 Å². The van der Waals surface area contributed by atoms with E-state index in [0.717, 1.165) is 13.1 Å². The number of carbonyl (C=O) groups is 1. The van der Waals surface area contributed by atoms with E-state index in [0.29, 0.717) is 11.3 Å². The molecule has 80 valence electrons. The van der Waals surface area contributed by atoms with Crippen LogP contribution in [0, 0.1) is 11.3 Å². The number of amides is 1. The Hall–Kier alpha value is -0.570. The minimum Gasteiger partial charge on any atom is -0.348 e. The van der Waals surface area contributed by atoms with Crippen molar-refractivity contribution in [2.75, 3.05) is 33.7 Å². The monoisotopic (exact) mass is 196 g/mol. The summed E-state index contributed by atoms with van der Waals surface area (Å²) in [5.41, 5.74) is 0.589. The van der Waals surface area contributed by atoms with E-state index < -0.39 is 0 Å². The topological polar surface area (TPSA) is 23.6 Å². The molecule has 0 aromatic heterocycles. The molecule has 1 saturated carbocycles. The molecule has 2 aliphatic rings. The first-order valence-corrected chi connectivity index (χ1v) is 5.44. The summed E-state index contributed by atoms with van der Waals surface area (Å²) in [7, 11) is 3.68. The second-order valence-electron chi connectivity index (χ2n) is 5.43. The Bertz CT molecular complexity index is 240. The van der Waals surface area contributed by atoms with Crippen LogP contribution >= 0.6 is 0 Å². The van der Waals surface area contributed by atoms with Gasteiger partial charge in [-0.05, 0) is 18.3 Å². The summed E-state index contributed by atoms with van der Waals surface area (Å²) in [6.07, 6.45) is 2.74. The molecule has 2 rings (SSSR count). The molecule has 0 radical (unpaired) electrons. The first kappa shape index (κ1) is 9.97. The van der Waals surface area contributed by atoms with Gasteiger partial charge in [-0.3, -0.25) is 4.79 Å². The Morgan fingerprint density at radius 1 is 1.43 bits per heavy atom. The van der Waals surface area contributed by atoms with Crippen LogP contribution in [0.4, 0.5) is 0 Å². The van der Waals surface area contributed by atoms with E-state index in [1.807, 2.05) is 14.1 Å². The summed E-state index contributed by atoms with van der Waals surface area (Å²) < 4.78 is 0. The predicted molar refractivity (Wildman–Crippen MR) is 56.0 cm³/mol. The first-order valence-electron chi connectivity index (χ1n) is 5.44. The van der Waals surface area contributed by atoms with Gasteiger partial charge in [0.2, 0.25) is 5.91 Å². The summed E-state index contributed by atoms with van der Waals surface area (Å²) in [6, 6.07) is 0. The SMILES string of the molecule is CN(C)C(=O)C1CN(CC2(C)CC2)C1. The maximum absolute atomic E-state index is 11.6. The first-order chi connectivity index (χ1) is 6.50. The third-order valence-electron chi connectivity index (χ3n) is 3.46. The van der Waals surface area contributed by atoms with Gasteiger partial charge in [0.25, 0.3) is 0 Å². The zero-order valence-electron chi connectivity index (χ0n) is 9.42. The van der Waals surface area contributed by atoms with Crippen molar-refractivity contribution in [3.8, 4) is 0 Å². The van der Waals surface area contributed by atoms with Crippen molar-refractivity contribution in [1.29, 1.82) is 0 Å². The van der Waals surface area contributed by atoms with Gasteiger partial charge in [0, 0.05) is 33.7 Å². The Kier molecular flexibility index (Phi) is 2.30. The van der Waals surface area contributed by atoms with Crippen molar-refractivity contribution in [2.45, 2.75) is 19.8 Å². The van der Waals surface area contributed by atoms with Gasteiger partial charge in [0.15, 0.2) is 0 Å². The molecular weight excluding hydrogens is 176 g/mol. The molecule has 1 saturated heterocycles. The summed E-state index contributed by atoms with van der Waals surface area (Å²) >= 11 is 0. The molecule has 1 amide bonds. The second kappa shape index (κ2) is 3.23. The molecule has 3 nitrogen and oxygen atoms in total. The van der Waals surface area contributed by atoms with E-state index in [1.54, 1.807) is 4.90 Å². The van der Waals surface area contributed by atoms with Gasteiger partial charge in [0.1, 0.15) is 0 Å². The van der Waals surface area contributed by atoms with Gasteiger partial charge >= 0.3 is 0 Å². The number of rotatable bonds is 3. The second-order valence-corrected chi connectivity index (χ2v) is 5.43. The maximum atomic E-state index is 11.6. The van der Waals surface area contributed by atoms with Crippen LogP contribution in [0.2, 0.25) is 0 Å². The van der Waals surface area contributed by atoms with Crippen LogP contribution in [0.3, 0.4) is 0 Å². The highest BCUT2D eigenvalue weighted by atomic mass is 16.2. The third-order valence-corrected chi connectivity index (χ3v) is 3.46. The van der Waals surface area contributed by atoms with Crippen molar-refractivity contribution in [1.82, 2.24) is 9.80 Å². The molecule has 3 heteroatoms. The summed E-state index contributed by atoms with van der Waals surface area (Å²) in [6.45, 7) is 5.50. The van der Waals surface area contributed by atoms with Crippen LogP contribution in [0.5, 0.6) is 0 Å². The standard InChI is InChI=1S/C11H20N2O/c1-11(4-5-11)8-13-6-9(7-13)10(14)12(2)3/h9H,4-8H2,1-3H3. The number of hydrogen-bond acceptors (Lipinski definition) is 2. The predicted octanol–water partition coefficient (Wildman–Crippen LogP) is 0.806. The van der Waals surface area contributed by atoms with E-state index in [2.05, 4.69) is 11.8 Å². The lowest BCUT2D eigenvalue weighted by atomic mass is 9.96. The lowest BCUT2D eigenvalue weighted by molar-refractivity contribution is -0.138. The maximum Gasteiger partial charge on any atom is 0.227 e. The minimum absolute atomic E-state index is 0.271. The van der Waals surface area contributed by atoms with Crippen LogP contribution < -0.4 is 0 Å². The average Bonchev–Trinajstić information content (AvgIpc) is 2.75. The highest BCUT2D eigenvalue weighted by Crippen LogP contribution is 2.46. The van der Waals surface area contributed by atoms with Gasteiger partial charge in [-0.2, -0.15) is 0 Å². The van der Waals surface area contributed by atoms with Crippen LogP contribution in [0.1, 0.15) is 19.8 Å². The quantitative estimate of drug-likeness (QED) is 0.667. The van der Waals surface area contributed by atoms with E-state index >= 15 is 0 Å². The highest BCUT2D eigenvalue weighted by Gasteiger charge is 2.43. The Balaban J connectivity index is 1.71. The molecule has 0 aromatic carbocycles. The largest absolute Gasteiger partial charge is 0.348 e. The fraction of sp³-hybridized carbons (Fsp3) is 0.909. The number of likely N-dealkylation sites (tertiary alicyclic amines) is 1. The molecular formula is C11H20N2O. The zero-order chi connectivity index (χ0) is 10.3. The van der Waals surface area contributed by atoms with Crippen LogP contribution in [-0.2, 0) is 4.79 Å². The molecule has 0 bridgehead atoms. The molecule has 0 atom stereocenters. The molecule has 1 aliphatic heterocycles. The van der Waals surface area contributed by atoms with Gasteiger partial charge in [-0.1, -0.05) is 6.92 Å². The van der Waals surface area contributed by atoms with Crippen molar-refractivity contribution < 1.29 is 4.79 Å². The van der Waals surface area contributed by atoms with E-state index in [1.165, 1.54) is 19.4 Å². The van der Waals surface area contributed by atoms with Gasteiger partial charge in [0.05, 0.1) is 5.92 Å². The fourth-order valence-electron chi connectivity index (χ4n) is 2.13. The molecule has 0 N–H and O–H groups in total. The number of nitrogens with zero attached hydrogens (tertiary/aromatic N) is 2. The molecule has 2 fully saturated rings. The van der Waals surface area contributed by atoms with Gasteiger partial charge in [-0.15, -0.1) is 0 Å². The summed E-state index contributed by atoms with van der Waals surface area (Å²) in [5, 5.41) is 0. The lowest BCUT2D eigenvalue weighted by Crippen LogP contribution is -2.54. The van der Waals surface area contributed by atoms with Crippen LogP contribution in [0.15, 0.2) is 0 Å². The molecule has 0 unspecified atom stereocenters. The minimum atomic E-state index is 0.271. The fourth-order valence-corrected chi connectivity index (χ4v) is 2.13. The number of hydrogen-bond donors (Lipinski definition) is 0. The lowest BCUT2D eigenvalue weighted by Gasteiger charge is -2.40. The molecule has 1 aliphatic carbocycles. The van der Waals surface area contributed by atoms with Crippen molar-refractivity contribution in [3.05, 3.63) is 0 Å². The smallest absolute Gasteiger partial charge is 0.227 e. The molecule has 14 heavy (non-hydrogen) atoms. The van der Waals surface area contributed by atoms with Crippen molar-refractivity contribution in [2.24, 2.45) is 11.3 Å². The Labute approximate surface area is 86.1 Å². The molecule has 0 aromatic rings. The van der Waals surface area contributed by atoms with Gasteiger partial charge < -0.3 is 9.80 Å². The van der Waals surface area contributed by atoms with E-state index in [9.17, 15) is 4.79 Å². The average molecular weight is 196 g/mol. The van der Waals surface area contributed by atoms with Gasteiger partial charge in [-0.25, -0.2) is 0 Å². The normalized spacial score (nSPS) is 25.6. The zero-order valence-corrected chi connectivity index (χ0v) is 9.42. The highest BCUT2D eigenvalue weighted by molar-refractivity contribution is 5.79. The molecule has 1 heterocycles. The Morgan fingerprint density at radius 2 is 2.00 bits per heavy atom. The molecule has 0 spiro atoms. The summed E-state index contributed by atoms with van der Waals surface area (Å²) in [4.78, 5) is 15.7. The Morgan fingerprint density at radius 3 is 2.43 bits per heavy atom. The van der Waals surface area contributed by atoms with Crippen molar-refractivity contribution >= 4 is 5.91 Å². The van der Waals surface area contributed by atoms with Crippen LogP contribution in [0.25, 0.3) is 0 Å². The van der Waals surface area contributed by atoms with Crippen molar-refractivity contribution in [3.63, 3.8) is 0 Å². The third kappa shape index (κ3) is 1.92. The van der Waals surface area contributed by atoms with E-state index in [-0.39, 0.29) is 5.92 Å². The number of carbonyl (C=O) groups excluding carboxylic acids is 1.